The van der Waals surface area contributed by atoms with Gasteiger partial charge in [0.1, 0.15) is 6.54 Å². The minimum absolute atomic E-state index is 0.0339. The highest BCUT2D eigenvalue weighted by Crippen LogP contribution is 2.16. The number of amides is 2. The summed E-state index contributed by atoms with van der Waals surface area (Å²) in [5, 5.41) is 2.02. The maximum absolute atomic E-state index is 13.2. The molecular weight excluding hydrogens is 392 g/mol. The van der Waals surface area contributed by atoms with Gasteiger partial charge in [-0.3, -0.25) is 9.59 Å². The van der Waals surface area contributed by atoms with Crippen LogP contribution in [-0.2, 0) is 22.7 Å². The molecule has 0 N–H and O–H groups in total. The Morgan fingerprint density at radius 2 is 1.70 bits per heavy atom. The summed E-state index contributed by atoms with van der Waals surface area (Å²) < 4.78 is 0. The molecule has 0 bridgehead atoms. The molecule has 1 aromatic carbocycles. The zero-order valence-electron chi connectivity index (χ0n) is 18.1. The van der Waals surface area contributed by atoms with Crippen molar-refractivity contribution >= 4 is 23.2 Å². The van der Waals surface area contributed by atoms with Crippen LogP contribution in [-0.4, -0.2) is 34.7 Å². The molecule has 0 radical (unpaired) electrons. The zero-order chi connectivity index (χ0) is 21.6. The molecule has 1 heterocycles. The van der Waals surface area contributed by atoms with Gasteiger partial charge in [0.15, 0.2) is 0 Å². The van der Waals surface area contributed by atoms with Gasteiger partial charge in [-0.25, -0.2) is 0 Å². The first-order valence-electron chi connectivity index (χ1n) is 10.9. The molecule has 1 aromatic heterocycles. The van der Waals surface area contributed by atoms with Crippen molar-refractivity contribution in [3.63, 3.8) is 0 Å². The Balaban J connectivity index is 2.00. The summed E-state index contributed by atoms with van der Waals surface area (Å²) in [5.41, 5.74) is 1.08. The van der Waals surface area contributed by atoms with E-state index in [0.717, 1.165) is 29.7 Å². The largest absolute Gasteiger partial charge is 0.332 e. The summed E-state index contributed by atoms with van der Waals surface area (Å²) in [5.74, 6) is 0.00368. The predicted octanol–water partition coefficient (Wildman–Crippen LogP) is 5.65. The minimum Gasteiger partial charge on any atom is -0.332 e. The number of unbranched alkanes of at least 4 members (excludes halogenated alkanes) is 4. The van der Waals surface area contributed by atoms with Gasteiger partial charge >= 0.3 is 0 Å². The van der Waals surface area contributed by atoms with Crippen molar-refractivity contribution in [2.45, 2.75) is 58.5 Å². The van der Waals surface area contributed by atoms with Crippen molar-refractivity contribution < 1.29 is 9.59 Å². The van der Waals surface area contributed by atoms with Crippen LogP contribution in [0.2, 0.25) is 0 Å². The maximum atomic E-state index is 13.2. The van der Waals surface area contributed by atoms with E-state index in [0.29, 0.717) is 26.1 Å². The Morgan fingerprint density at radius 1 is 0.933 bits per heavy atom. The van der Waals surface area contributed by atoms with Crippen LogP contribution < -0.4 is 0 Å². The lowest BCUT2D eigenvalue weighted by Crippen LogP contribution is -2.42. The molecule has 2 amide bonds. The van der Waals surface area contributed by atoms with Gasteiger partial charge < -0.3 is 9.80 Å². The van der Waals surface area contributed by atoms with Crippen LogP contribution in [0.25, 0.3) is 0 Å². The van der Waals surface area contributed by atoms with Crippen molar-refractivity contribution in [3.05, 3.63) is 70.9 Å². The van der Waals surface area contributed by atoms with Crippen molar-refractivity contribution in [2.24, 2.45) is 0 Å². The molecule has 4 nitrogen and oxygen atoms in total. The number of hydrogen-bond acceptors (Lipinski definition) is 3. The van der Waals surface area contributed by atoms with E-state index in [1.807, 2.05) is 52.7 Å². The first-order chi connectivity index (χ1) is 14.6. The van der Waals surface area contributed by atoms with Gasteiger partial charge in [0, 0.05) is 24.4 Å². The number of carbonyl (C=O) groups is 2. The average molecular weight is 427 g/mol. The third-order valence-corrected chi connectivity index (χ3v) is 5.88. The molecule has 0 atom stereocenters. The first-order valence-corrected chi connectivity index (χ1v) is 11.7. The Kier molecular flexibility index (Phi) is 10.9. The topological polar surface area (TPSA) is 40.6 Å². The molecule has 5 heteroatoms. The Bertz CT molecular complexity index is 759. The van der Waals surface area contributed by atoms with Gasteiger partial charge in [0.2, 0.25) is 11.8 Å². The van der Waals surface area contributed by atoms with Crippen LogP contribution in [0, 0.1) is 0 Å². The van der Waals surface area contributed by atoms with E-state index in [9.17, 15) is 9.59 Å². The minimum atomic E-state index is -0.0339. The van der Waals surface area contributed by atoms with Gasteiger partial charge in [-0.15, -0.1) is 17.9 Å². The number of thiophene rings is 1. The number of carbonyl (C=O) groups excluding carboxylic acids is 2. The lowest BCUT2D eigenvalue weighted by Gasteiger charge is -2.27. The number of benzene rings is 1. The highest BCUT2D eigenvalue weighted by Gasteiger charge is 2.21. The van der Waals surface area contributed by atoms with Crippen molar-refractivity contribution in [1.29, 1.82) is 0 Å². The fourth-order valence-electron chi connectivity index (χ4n) is 3.34. The Labute approximate surface area is 185 Å². The Morgan fingerprint density at radius 3 is 2.37 bits per heavy atom. The van der Waals surface area contributed by atoms with E-state index in [4.69, 9.17) is 0 Å². The number of nitrogens with zero attached hydrogens (tertiary/aromatic N) is 2. The van der Waals surface area contributed by atoms with Crippen molar-refractivity contribution in [3.8, 4) is 0 Å². The third kappa shape index (κ3) is 8.54. The van der Waals surface area contributed by atoms with E-state index in [2.05, 4.69) is 13.5 Å². The van der Waals surface area contributed by atoms with Crippen LogP contribution in [0.5, 0.6) is 0 Å². The van der Waals surface area contributed by atoms with Crippen LogP contribution in [0.15, 0.2) is 60.5 Å². The molecule has 0 saturated carbocycles. The van der Waals surface area contributed by atoms with Crippen LogP contribution in [0.1, 0.15) is 55.9 Å². The summed E-state index contributed by atoms with van der Waals surface area (Å²) in [7, 11) is 0. The van der Waals surface area contributed by atoms with Gasteiger partial charge in [-0.2, -0.15) is 0 Å². The standard InChI is InChI=1S/C25H34N2O2S/c1-3-5-6-7-11-16-24(28)26(17-4-2)21-25(29)27(20-23-15-12-18-30-23)19-22-13-9-8-10-14-22/h4,8-10,12-15,18H,2-3,5-7,11,16-17,19-21H2,1H3. The molecule has 30 heavy (non-hydrogen) atoms. The molecule has 0 saturated heterocycles. The van der Waals surface area contributed by atoms with E-state index in [-0.39, 0.29) is 18.4 Å². The molecule has 0 aliphatic heterocycles. The lowest BCUT2D eigenvalue weighted by molar-refractivity contribution is -0.140. The molecule has 2 aromatic rings. The molecular formula is C25H34N2O2S. The molecule has 0 unspecified atom stereocenters. The maximum Gasteiger partial charge on any atom is 0.242 e. The summed E-state index contributed by atoms with van der Waals surface area (Å²) in [6, 6.07) is 14.0. The second kappa shape index (κ2) is 13.8. The van der Waals surface area contributed by atoms with Crippen LogP contribution >= 0.6 is 11.3 Å². The van der Waals surface area contributed by atoms with Crippen molar-refractivity contribution in [1.82, 2.24) is 9.80 Å². The number of rotatable bonds is 14. The van der Waals surface area contributed by atoms with Gasteiger partial charge in [-0.1, -0.05) is 75.1 Å². The third-order valence-electron chi connectivity index (χ3n) is 5.02. The van der Waals surface area contributed by atoms with Crippen molar-refractivity contribution in [2.75, 3.05) is 13.1 Å². The molecule has 0 aliphatic rings. The molecule has 162 valence electrons. The molecule has 2 rings (SSSR count). The Hall–Kier alpha value is -2.40. The van der Waals surface area contributed by atoms with Crippen LogP contribution in [0.3, 0.4) is 0 Å². The van der Waals surface area contributed by atoms with E-state index >= 15 is 0 Å². The normalized spacial score (nSPS) is 10.6. The monoisotopic (exact) mass is 426 g/mol. The highest BCUT2D eigenvalue weighted by atomic mass is 32.1. The van der Waals surface area contributed by atoms with Gasteiger partial charge in [-0.05, 0) is 23.4 Å². The van der Waals surface area contributed by atoms with E-state index in [1.54, 1.807) is 22.3 Å². The SMILES string of the molecule is C=CCN(CC(=O)N(Cc1ccccc1)Cc1cccs1)C(=O)CCCCCCC. The summed E-state index contributed by atoms with van der Waals surface area (Å²) >= 11 is 1.64. The second-order valence-electron chi connectivity index (χ2n) is 7.54. The first kappa shape index (κ1) is 23.9. The average Bonchev–Trinajstić information content (AvgIpc) is 3.26. The summed E-state index contributed by atoms with van der Waals surface area (Å²) in [4.78, 5) is 30.5. The molecule has 0 fully saturated rings. The fourth-order valence-corrected chi connectivity index (χ4v) is 4.06. The lowest BCUT2D eigenvalue weighted by atomic mass is 10.1. The van der Waals surface area contributed by atoms with Crippen LogP contribution in [0.4, 0.5) is 0 Å². The summed E-state index contributed by atoms with van der Waals surface area (Å²) in [6.45, 7) is 7.53. The summed E-state index contributed by atoms with van der Waals surface area (Å²) in [6.07, 6.45) is 7.69. The molecule has 0 spiro atoms. The smallest absolute Gasteiger partial charge is 0.242 e. The van der Waals surface area contributed by atoms with E-state index < -0.39 is 0 Å². The van der Waals surface area contributed by atoms with Gasteiger partial charge in [0.05, 0.1) is 6.54 Å². The predicted molar refractivity (Wildman–Crippen MR) is 125 cm³/mol. The fraction of sp³-hybridized carbons (Fsp3) is 0.440. The second-order valence-corrected chi connectivity index (χ2v) is 8.57. The zero-order valence-corrected chi connectivity index (χ0v) is 18.9. The quantitative estimate of drug-likeness (QED) is 0.289. The van der Waals surface area contributed by atoms with E-state index in [1.165, 1.54) is 12.8 Å². The number of hydrogen-bond donors (Lipinski definition) is 0. The van der Waals surface area contributed by atoms with Gasteiger partial charge in [0.25, 0.3) is 0 Å². The highest BCUT2D eigenvalue weighted by molar-refractivity contribution is 7.09. The molecule has 0 aliphatic carbocycles.